The van der Waals surface area contributed by atoms with E-state index in [1.807, 2.05) is 6.26 Å². The zero-order valence-electron chi connectivity index (χ0n) is 9.18. The van der Waals surface area contributed by atoms with Crippen molar-refractivity contribution < 1.29 is 9.47 Å². The van der Waals surface area contributed by atoms with Gasteiger partial charge >= 0.3 is 0 Å². The summed E-state index contributed by atoms with van der Waals surface area (Å²) in [7, 11) is 0. The van der Waals surface area contributed by atoms with Crippen LogP contribution < -0.4 is 10.5 Å². The summed E-state index contributed by atoms with van der Waals surface area (Å²) in [6, 6.07) is 1.66. The van der Waals surface area contributed by atoms with Gasteiger partial charge in [0, 0.05) is 18.9 Å². The van der Waals surface area contributed by atoms with E-state index in [4.69, 9.17) is 15.2 Å². The van der Waals surface area contributed by atoms with Gasteiger partial charge in [-0.25, -0.2) is 4.98 Å². The quantitative estimate of drug-likeness (QED) is 0.636. The van der Waals surface area contributed by atoms with Gasteiger partial charge in [0.2, 0.25) is 5.88 Å². The number of hydrogen-bond acceptors (Lipinski definition) is 6. The van der Waals surface area contributed by atoms with Crippen molar-refractivity contribution in [3.63, 3.8) is 0 Å². The molecule has 0 amide bonds. The molecule has 16 heavy (non-hydrogen) atoms. The maximum atomic E-state index is 5.75. The summed E-state index contributed by atoms with van der Waals surface area (Å²) in [5.74, 6) is 1.00. The molecule has 2 rings (SSSR count). The molecule has 0 aliphatic carbocycles. The van der Waals surface area contributed by atoms with E-state index in [2.05, 4.69) is 9.97 Å². The molecule has 1 fully saturated rings. The Bertz CT molecular complexity index is 356. The fourth-order valence-corrected chi connectivity index (χ4v) is 1.91. The minimum Gasteiger partial charge on any atom is -0.474 e. The lowest BCUT2D eigenvalue weighted by atomic mass is 10.2. The lowest BCUT2D eigenvalue weighted by Gasteiger charge is -2.22. The van der Waals surface area contributed by atoms with Crippen LogP contribution in [0.25, 0.3) is 0 Å². The topological polar surface area (TPSA) is 70.3 Å². The monoisotopic (exact) mass is 241 g/mol. The van der Waals surface area contributed by atoms with Gasteiger partial charge in [-0.3, -0.25) is 0 Å². The molecule has 0 atom stereocenters. The highest BCUT2D eigenvalue weighted by atomic mass is 32.2. The molecule has 5 nitrogen and oxygen atoms in total. The van der Waals surface area contributed by atoms with Crippen molar-refractivity contribution in [2.75, 3.05) is 25.2 Å². The van der Waals surface area contributed by atoms with Crippen molar-refractivity contribution in [1.82, 2.24) is 9.97 Å². The molecular weight excluding hydrogens is 226 g/mol. The number of anilines is 1. The first kappa shape index (κ1) is 11.5. The highest BCUT2D eigenvalue weighted by molar-refractivity contribution is 7.98. The van der Waals surface area contributed by atoms with E-state index in [9.17, 15) is 0 Å². The predicted octanol–water partition coefficient (Wildman–Crippen LogP) is 1.34. The van der Waals surface area contributed by atoms with Crippen LogP contribution in [0.1, 0.15) is 12.8 Å². The summed E-state index contributed by atoms with van der Waals surface area (Å²) < 4.78 is 11.0. The fourth-order valence-electron chi connectivity index (χ4n) is 1.54. The highest BCUT2D eigenvalue weighted by Crippen LogP contribution is 2.20. The van der Waals surface area contributed by atoms with Crippen LogP contribution in [0.5, 0.6) is 5.88 Å². The SMILES string of the molecule is CSc1nc(N)cc(OC2CCOCC2)n1. The van der Waals surface area contributed by atoms with Crippen molar-refractivity contribution in [3.05, 3.63) is 6.07 Å². The van der Waals surface area contributed by atoms with E-state index in [1.54, 1.807) is 6.07 Å². The van der Waals surface area contributed by atoms with E-state index in [1.165, 1.54) is 11.8 Å². The Labute approximate surface area is 98.7 Å². The standard InChI is InChI=1S/C10H15N3O2S/c1-16-10-12-8(11)6-9(13-10)15-7-2-4-14-5-3-7/h6-7H,2-5H2,1H3,(H2,11,12,13). The Hall–Kier alpha value is -1.01. The maximum absolute atomic E-state index is 5.75. The van der Waals surface area contributed by atoms with Crippen LogP contribution >= 0.6 is 11.8 Å². The zero-order chi connectivity index (χ0) is 11.4. The third-order valence-corrected chi connectivity index (χ3v) is 2.89. The van der Waals surface area contributed by atoms with E-state index in [0.717, 1.165) is 26.1 Å². The van der Waals surface area contributed by atoms with Crippen LogP contribution in [-0.4, -0.2) is 35.5 Å². The number of nitrogens with zero attached hydrogens (tertiary/aromatic N) is 2. The van der Waals surface area contributed by atoms with Crippen LogP contribution in [0, 0.1) is 0 Å². The molecule has 88 valence electrons. The van der Waals surface area contributed by atoms with E-state index in [-0.39, 0.29) is 6.10 Å². The zero-order valence-corrected chi connectivity index (χ0v) is 10.00. The van der Waals surface area contributed by atoms with Gasteiger partial charge in [0.05, 0.1) is 13.2 Å². The summed E-state index contributed by atoms with van der Waals surface area (Å²) in [4.78, 5) is 8.33. The molecule has 0 aromatic carbocycles. The lowest BCUT2D eigenvalue weighted by molar-refractivity contribution is 0.0234. The highest BCUT2D eigenvalue weighted by Gasteiger charge is 2.16. The minimum atomic E-state index is 0.178. The third-order valence-electron chi connectivity index (χ3n) is 2.34. The smallest absolute Gasteiger partial charge is 0.219 e. The molecule has 2 N–H and O–H groups in total. The van der Waals surface area contributed by atoms with Crippen LogP contribution in [0.3, 0.4) is 0 Å². The molecule has 1 aromatic heterocycles. The van der Waals surface area contributed by atoms with Gasteiger partial charge in [-0.2, -0.15) is 4.98 Å². The molecule has 1 aromatic rings. The Balaban J connectivity index is 2.04. The molecule has 0 bridgehead atoms. The normalized spacial score (nSPS) is 17.3. The van der Waals surface area contributed by atoms with Gasteiger partial charge < -0.3 is 15.2 Å². The van der Waals surface area contributed by atoms with Crippen LogP contribution in [-0.2, 0) is 4.74 Å². The maximum Gasteiger partial charge on any atom is 0.219 e. The van der Waals surface area contributed by atoms with E-state index < -0.39 is 0 Å². The van der Waals surface area contributed by atoms with E-state index >= 15 is 0 Å². The first-order valence-electron chi connectivity index (χ1n) is 5.21. The van der Waals surface area contributed by atoms with Crippen molar-refractivity contribution in [1.29, 1.82) is 0 Å². The fraction of sp³-hybridized carbons (Fsp3) is 0.600. The molecular formula is C10H15N3O2S. The summed E-state index contributed by atoms with van der Waals surface area (Å²) >= 11 is 1.45. The van der Waals surface area contributed by atoms with Crippen molar-refractivity contribution >= 4 is 17.6 Å². The second-order valence-corrected chi connectivity index (χ2v) is 4.32. The average molecular weight is 241 g/mol. The summed E-state index contributed by atoms with van der Waals surface area (Å²) in [6.45, 7) is 1.50. The summed E-state index contributed by atoms with van der Waals surface area (Å²) in [5.41, 5.74) is 5.67. The number of nitrogen functional groups attached to an aromatic ring is 1. The Kier molecular flexibility index (Phi) is 3.84. The molecule has 0 spiro atoms. The Morgan fingerprint density at radius 1 is 1.44 bits per heavy atom. The van der Waals surface area contributed by atoms with Gasteiger partial charge in [0.25, 0.3) is 0 Å². The van der Waals surface area contributed by atoms with Crippen molar-refractivity contribution in [2.45, 2.75) is 24.1 Å². The number of rotatable bonds is 3. The van der Waals surface area contributed by atoms with Crippen LogP contribution in [0.4, 0.5) is 5.82 Å². The van der Waals surface area contributed by atoms with Crippen LogP contribution in [0.2, 0.25) is 0 Å². The lowest BCUT2D eigenvalue weighted by Crippen LogP contribution is -2.26. The molecule has 0 saturated carbocycles. The average Bonchev–Trinajstić information content (AvgIpc) is 2.29. The largest absolute Gasteiger partial charge is 0.474 e. The van der Waals surface area contributed by atoms with Gasteiger partial charge in [-0.15, -0.1) is 0 Å². The van der Waals surface area contributed by atoms with Crippen LogP contribution in [0.15, 0.2) is 11.2 Å². The second kappa shape index (κ2) is 5.36. The van der Waals surface area contributed by atoms with Gasteiger partial charge in [-0.05, 0) is 6.26 Å². The second-order valence-electron chi connectivity index (χ2n) is 3.55. The summed E-state index contributed by atoms with van der Waals surface area (Å²) in [5, 5.41) is 0.641. The number of ether oxygens (including phenoxy) is 2. The molecule has 1 saturated heterocycles. The minimum absolute atomic E-state index is 0.178. The van der Waals surface area contributed by atoms with E-state index in [0.29, 0.717) is 16.9 Å². The number of aromatic nitrogens is 2. The predicted molar refractivity (Wildman–Crippen MR) is 62.7 cm³/mol. The molecule has 2 heterocycles. The Morgan fingerprint density at radius 2 is 2.19 bits per heavy atom. The molecule has 1 aliphatic rings. The Morgan fingerprint density at radius 3 is 2.88 bits per heavy atom. The number of thioether (sulfide) groups is 1. The third kappa shape index (κ3) is 2.99. The van der Waals surface area contributed by atoms with Gasteiger partial charge in [0.1, 0.15) is 11.9 Å². The number of hydrogen-bond donors (Lipinski definition) is 1. The van der Waals surface area contributed by atoms with Gasteiger partial charge in [-0.1, -0.05) is 11.8 Å². The van der Waals surface area contributed by atoms with Crippen molar-refractivity contribution in [2.24, 2.45) is 0 Å². The van der Waals surface area contributed by atoms with Gasteiger partial charge in [0.15, 0.2) is 5.16 Å². The molecule has 0 radical (unpaired) electrons. The first-order valence-corrected chi connectivity index (χ1v) is 6.43. The summed E-state index contributed by atoms with van der Waals surface area (Å²) in [6.07, 6.45) is 3.89. The number of nitrogens with two attached hydrogens (primary N) is 1. The molecule has 1 aliphatic heterocycles. The molecule has 0 unspecified atom stereocenters. The van der Waals surface area contributed by atoms with Crippen molar-refractivity contribution in [3.8, 4) is 5.88 Å². The molecule has 6 heteroatoms. The first-order chi connectivity index (χ1) is 7.78.